The Labute approximate surface area is 96.2 Å². The molecule has 1 aromatic rings. The molecule has 0 spiro atoms. The van der Waals surface area contributed by atoms with Crippen LogP contribution in [0.3, 0.4) is 0 Å². The number of hydrogen-bond acceptors (Lipinski definition) is 4. The molecule has 0 saturated heterocycles. The number of rotatable bonds is 4. The molecule has 3 N–H and O–H groups in total. The van der Waals surface area contributed by atoms with E-state index in [0.29, 0.717) is 23.5 Å². The predicted molar refractivity (Wildman–Crippen MR) is 65.8 cm³/mol. The minimum atomic E-state index is -0.0501. The number of nitrogen functional groups attached to an aromatic ring is 1. The van der Waals surface area contributed by atoms with Gasteiger partial charge in [0.25, 0.3) is 0 Å². The van der Waals surface area contributed by atoms with E-state index in [0.717, 1.165) is 0 Å². The van der Waals surface area contributed by atoms with Crippen LogP contribution in [0.1, 0.15) is 26.5 Å². The fourth-order valence-corrected chi connectivity index (χ4v) is 1.42. The lowest BCUT2D eigenvalue weighted by atomic mass is 10.1. The van der Waals surface area contributed by atoms with Gasteiger partial charge in [0.2, 0.25) is 0 Å². The number of nitrogens with two attached hydrogens (primary N) is 1. The first-order chi connectivity index (χ1) is 7.45. The second-order valence-corrected chi connectivity index (χ2v) is 4.24. The summed E-state index contributed by atoms with van der Waals surface area (Å²) in [5.41, 5.74) is 5.92. The third-order valence-corrected chi connectivity index (χ3v) is 2.84. The van der Waals surface area contributed by atoms with Crippen molar-refractivity contribution >= 4 is 11.7 Å². The molecule has 5 nitrogen and oxygen atoms in total. The fraction of sp³-hybridized carbons (Fsp3) is 0.545. The van der Waals surface area contributed by atoms with Gasteiger partial charge < -0.3 is 10.6 Å². The molecule has 0 aliphatic carbocycles. The summed E-state index contributed by atoms with van der Waals surface area (Å²) in [6.07, 6.45) is 3.17. The Morgan fingerprint density at radius 1 is 1.31 bits per heavy atom. The van der Waals surface area contributed by atoms with Gasteiger partial charge in [0, 0.05) is 25.5 Å². The highest BCUT2D eigenvalue weighted by atomic mass is 15.2. The van der Waals surface area contributed by atoms with Gasteiger partial charge >= 0.3 is 0 Å². The zero-order chi connectivity index (χ0) is 12.3. The van der Waals surface area contributed by atoms with Gasteiger partial charge in [-0.3, -0.25) is 5.41 Å². The number of aromatic nitrogens is 2. The summed E-state index contributed by atoms with van der Waals surface area (Å²) < 4.78 is 0. The Morgan fingerprint density at radius 2 is 1.88 bits per heavy atom. The molecule has 1 heterocycles. The molecular weight excluding hydrogens is 202 g/mol. The predicted octanol–water partition coefficient (Wildman–Crippen LogP) is 1.24. The van der Waals surface area contributed by atoms with E-state index in [-0.39, 0.29) is 5.84 Å². The van der Waals surface area contributed by atoms with Crippen LogP contribution in [0, 0.1) is 11.3 Å². The summed E-state index contributed by atoms with van der Waals surface area (Å²) in [7, 11) is 1.95. The standard InChI is InChI=1S/C11H19N5/c1-7(2)8(3)16(4)11-9(10(12)13)14-5-6-15-11/h5-8H,1-4H3,(H3,12,13). The third-order valence-electron chi connectivity index (χ3n) is 2.84. The van der Waals surface area contributed by atoms with E-state index in [9.17, 15) is 0 Å². The molecule has 88 valence electrons. The van der Waals surface area contributed by atoms with Crippen molar-refractivity contribution in [2.45, 2.75) is 26.8 Å². The molecule has 0 amide bonds. The summed E-state index contributed by atoms with van der Waals surface area (Å²) >= 11 is 0. The quantitative estimate of drug-likeness (QED) is 0.592. The molecular formula is C11H19N5. The molecule has 5 heteroatoms. The molecule has 0 bridgehead atoms. The first-order valence-electron chi connectivity index (χ1n) is 5.33. The van der Waals surface area contributed by atoms with Crippen molar-refractivity contribution in [3.05, 3.63) is 18.1 Å². The second-order valence-electron chi connectivity index (χ2n) is 4.24. The molecule has 0 aliphatic heterocycles. The molecule has 1 aromatic heterocycles. The van der Waals surface area contributed by atoms with E-state index < -0.39 is 0 Å². The normalized spacial score (nSPS) is 12.6. The van der Waals surface area contributed by atoms with Crippen molar-refractivity contribution in [1.29, 1.82) is 5.41 Å². The monoisotopic (exact) mass is 221 g/mol. The van der Waals surface area contributed by atoms with Crippen molar-refractivity contribution in [3.8, 4) is 0 Å². The molecule has 0 aliphatic rings. The number of hydrogen-bond donors (Lipinski definition) is 2. The zero-order valence-electron chi connectivity index (χ0n) is 10.2. The van der Waals surface area contributed by atoms with Crippen LogP contribution < -0.4 is 10.6 Å². The smallest absolute Gasteiger partial charge is 0.158 e. The van der Waals surface area contributed by atoms with Crippen molar-refractivity contribution < 1.29 is 0 Å². The van der Waals surface area contributed by atoms with Gasteiger partial charge in [0.1, 0.15) is 11.5 Å². The van der Waals surface area contributed by atoms with Crippen LogP contribution in [0.5, 0.6) is 0 Å². The second kappa shape index (κ2) is 4.92. The lowest BCUT2D eigenvalue weighted by molar-refractivity contribution is 0.502. The van der Waals surface area contributed by atoms with Gasteiger partial charge in [-0.1, -0.05) is 13.8 Å². The van der Waals surface area contributed by atoms with E-state index in [1.54, 1.807) is 12.4 Å². The van der Waals surface area contributed by atoms with E-state index in [1.165, 1.54) is 0 Å². The topological polar surface area (TPSA) is 78.9 Å². The maximum atomic E-state index is 7.47. The van der Waals surface area contributed by atoms with Gasteiger partial charge in [-0.2, -0.15) is 0 Å². The Morgan fingerprint density at radius 3 is 2.38 bits per heavy atom. The average Bonchev–Trinajstić information content (AvgIpc) is 2.26. The van der Waals surface area contributed by atoms with Crippen molar-refractivity contribution in [2.24, 2.45) is 11.7 Å². The zero-order valence-corrected chi connectivity index (χ0v) is 10.2. The summed E-state index contributed by atoms with van der Waals surface area (Å²) in [4.78, 5) is 10.3. The van der Waals surface area contributed by atoms with Gasteiger partial charge in [0.15, 0.2) is 5.82 Å². The minimum Gasteiger partial charge on any atom is -0.382 e. The molecule has 0 aromatic carbocycles. The van der Waals surface area contributed by atoms with Gasteiger partial charge in [-0.25, -0.2) is 9.97 Å². The molecule has 1 unspecified atom stereocenters. The maximum absolute atomic E-state index is 7.47. The fourth-order valence-electron chi connectivity index (χ4n) is 1.42. The highest BCUT2D eigenvalue weighted by molar-refractivity contribution is 5.97. The Hall–Kier alpha value is -1.65. The Balaban J connectivity index is 3.08. The maximum Gasteiger partial charge on any atom is 0.158 e. The number of amidine groups is 1. The van der Waals surface area contributed by atoms with E-state index in [4.69, 9.17) is 11.1 Å². The highest BCUT2D eigenvalue weighted by Crippen LogP contribution is 2.18. The number of nitrogens with one attached hydrogen (secondary N) is 1. The van der Waals surface area contributed by atoms with Crippen molar-refractivity contribution in [1.82, 2.24) is 9.97 Å². The van der Waals surface area contributed by atoms with Gasteiger partial charge in [-0.05, 0) is 12.8 Å². The molecule has 1 atom stereocenters. The van der Waals surface area contributed by atoms with Crippen LogP contribution in [0.2, 0.25) is 0 Å². The van der Waals surface area contributed by atoms with Crippen LogP contribution in [0.4, 0.5) is 5.82 Å². The lowest BCUT2D eigenvalue weighted by Gasteiger charge is -2.29. The van der Waals surface area contributed by atoms with E-state index in [1.807, 2.05) is 11.9 Å². The average molecular weight is 221 g/mol. The highest BCUT2D eigenvalue weighted by Gasteiger charge is 2.19. The first-order valence-corrected chi connectivity index (χ1v) is 5.33. The van der Waals surface area contributed by atoms with Gasteiger partial charge in [0.05, 0.1) is 0 Å². The molecule has 16 heavy (non-hydrogen) atoms. The molecule has 0 fully saturated rings. The van der Waals surface area contributed by atoms with Crippen LogP contribution in [-0.4, -0.2) is 28.9 Å². The summed E-state index contributed by atoms with van der Waals surface area (Å²) in [6.45, 7) is 6.40. The molecule has 0 radical (unpaired) electrons. The Bertz CT molecular complexity index is 374. The van der Waals surface area contributed by atoms with E-state index >= 15 is 0 Å². The van der Waals surface area contributed by atoms with Crippen LogP contribution in [0.25, 0.3) is 0 Å². The minimum absolute atomic E-state index is 0.0501. The Kier molecular flexibility index (Phi) is 3.82. The first kappa shape index (κ1) is 12.4. The number of anilines is 1. The van der Waals surface area contributed by atoms with Crippen molar-refractivity contribution in [3.63, 3.8) is 0 Å². The summed E-state index contributed by atoms with van der Waals surface area (Å²) in [5, 5.41) is 7.47. The lowest BCUT2D eigenvalue weighted by Crippen LogP contribution is -2.35. The van der Waals surface area contributed by atoms with Crippen LogP contribution in [-0.2, 0) is 0 Å². The number of nitrogens with zero attached hydrogens (tertiary/aromatic N) is 3. The molecule has 0 saturated carbocycles. The molecule has 1 rings (SSSR count). The van der Waals surface area contributed by atoms with Crippen LogP contribution in [0.15, 0.2) is 12.4 Å². The van der Waals surface area contributed by atoms with E-state index in [2.05, 4.69) is 30.7 Å². The van der Waals surface area contributed by atoms with Gasteiger partial charge in [-0.15, -0.1) is 0 Å². The summed E-state index contributed by atoms with van der Waals surface area (Å²) in [5.74, 6) is 1.11. The van der Waals surface area contributed by atoms with Crippen molar-refractivity contribution in [2.75, 3.05) is 11.9 Å². The summed E-state index contributed by atoms with van der Waals surface area (Å²) in [6, 6.07) is 0.315. The van der Waals surface area contributed by atoms with Crippen LogP contribution >= 0.6 is 0 Å². The SMILES string of the molecule is CC(C)C(C)N(C)c1nccnc1C(=N)N. The third kappa shape index (κ3) is 2.48. The largest absolute Gasteiger partial charge is 0.382 e.